The molecule has 1 aliphatic rings. The number of carbonyl (C=O) groups is 1. The number of nitrogens with one attached hydrogen (secondary N) is 1. The van der Waals surface area contributed by atoms with Gasteiger partial charge in [0.1, 0.15) is 0 Å². The SMILES string of the molecule is Nc1ccc(CC(=O)NC2CC(O)C2)nc1. The van der Waals surface area contributed by atoms with Gasteiger partial charge >= 0.3 is 0 Å². The molecule has 1 aromatic rings. The first kappa shape index (κ1) is 10.9. The quantitative estimate of drug-likeness (QED) is 0.662. The van der Waals surface area contributed by atoms with Crippen LogP contribution >= 0.6 is 0 Å². The van der Waals surface area contributed by atoms with E-state index in [2.05, 4.69) is 10.3 Å². The van der Waals surface area contributed by atoms with E-state index in [4.69, 9.17) is 10.8 Å². The fourth-order valence-electron chi connectivity index (χ4n) is 1.69. The molecule has 0 bridgehead atoms. The van der Waals surface area contributed by atoms with Gasteiger partial charge in [0.2, 0.25) is 5.91 Å². The Morgan fingerprint density at radius 3 is 2.88 bits per heavy atom. The van der Waals surface area contributed by atoms with E-state index in [1.54, 1.807) is 12.1 Å². The predicted octanol–water partition coefficient (Wildman–Crippen LogP) is -0.154. The highest BCUT2D eigenvalue weighted by atomic mass is 16.3. The molecule has 1 aliphatic carbocycles. The first-order valence-electron chi connectivity index (χ1n) is 5.31. The van der Waals surface area contributed by atoms with Gasteiger partial charge in [-0.05, 0) is 25.0 Å². The molecule has 0 aromatic carbocycles. The Morgan fingerprint density at radius 1 is 1.56 bits per heavy atom. The minimum atomic E-state index is -0.250. The molecule has 16 heavy (non-hydrogen) atoms. The number of pyridine rings is 1. The Balaban J connectivity index is 1.80. The average Bonchev–Trinajstić information content (AvgIpc) is 2.19. The third-order valence-corrected chi connectivity index (χ3v) is 2.67. The van der Waals surface area contributed by atoms with Gasteiger partial charge in [-0.1, -0.05) is 0 Å². The number of carbonyl (C=O) groups excluding carboxylic acids is 1. The fraction of sp³-hybridized carbons (Fsp3) is 0.455. The van der Waals surface area contributed by atoms with Gasteiger partial charge in [0.15, 0.2) is 0 Å². The van der Waals surface area contributed by atoms with Gasteiger partial charge in [0, 0.05) is 11.7 Å². The molecule has 2 rings (SSSR count). The summed E-state index contributed by atoms with van der Waals surface area (Å²) in [6, 6.07) is 3.59. The van der Waals surface area contributed by atoms with E-state index < -0.39 is 0 Å². The van der Waals surface area contributed by atoms with E-state index in [1.165, 1.54) is 6.20 Å². The standard InChI is InChI=1S/C11H15N3O2/c12-7-1-2-8(13-6-7)5-11(16)14-9-3-10(15)4-9/h1-2,6,9-10,15H,3-5,12H2,(H,14,16). The van der Waals surface area contributed by atoms with Crippen molar-refractivity contribution in [1.82, 2.24) is 10.3 Å². The zero-order valence-electron chi connectivity index (χ0n) is 8.89. The molecule has 0 radical (unpaired) electrons. The van der Waals surface area contributed by atoms with Crippen LogP contribution in [0.25, 0.3) is 0 Å². The lowest BCUT2D eigenvalue weighted by atomic mass is 9.89. The van der Waals surface area contributed by atoms with Crippen molar-refractivity contribution >= 4 is 11.6 Å². The number of aliphatic hydroxyl groups is 1. The maximum Gasteiger partial charge on any atom is 0.226 e. The monoisotopic (exact) mass is 221 g/mol. The summed E-state index contributed by atoms with van der Waals surface area (Å²) in [4.78, 5) is 15.6. The van der Waals surface area contributed by atoms with Gasteiger partial charge < -0.3 is 16.2 Å². The van der Waals surface area contributed by atoms with Crippen molar-refractivity contribution in [2.24, 2.45) is 0 Å². The van der Waals surface area contributed by atoms with Crippen molar-refractivity contribution in [2.45, 2.75) is 31.4 Å². The Hall–Kier alpha value is -1.62. The van der Waals surface area contributed by atoms with E-state index in [0.717, 1.165) is 0 Å². The van der Waals surface area contributed by atoms with E-state index in [1.807, 2.05) is 0 Å². The zero-order chi connectivity index (χ0) is 11.5. The molecule has 4 N–H and O–H groups in total. The summed E-state index contributed by atoms with van der Waals surface area (Å²) in [6.07, 6.45) is 2.85. The first-order valence-corrected chi connectivity index (χ1v) is 5.31. The minimum absolute atomic E-state index is 0.0610. The number of rotatable bonds is 3. The second-order valence-electron chi connectivity index (χ2n) is 4.15. The maximum atomic E-state index is 11.5. The summed E-state index contributed by atoms with van der Waals surface area (Å²) in [5, 5.41) is 11.9. The van der Waals surface area contributed by atoms with E-state index >= 15 is 0 Å². The summed E-state index contributed by atoms with van der Waals surface area (Å²) >= 11 is 0. The molecule has 0 atom stereocenters. The zero-order valence-corrected chi connectivity index (χ0v) is 8.89. The highest BCUT2D eigenvalue weighted by Crippen LogP contribution is 2.19. The van der Waals surface area contributed by atoms with Crippen molar-refractivity contribution in [3.63, 3.8) is 0 Å². The van der Waals surface area contributed by atoms with Crippen molar-refractivity contribution in [3.8, 4) is 0 Å². The summed E-state index contributed by atoms with van der Waals surface area (Å²) in [6.45, 7) is 0. The van der Waals surface area contributed by atoms with Crippen LogP contribution in [0.5, 0.6) is 0 Å². The molecule has 1 saturated carbocycles. The third kappa shape index (κ3) is 2.70. The van der Waals surface area contributed by atoms with Crippen LogP contribution in [0.2, 0.25) is 0 Å². The smallest absolute Gasteiger partial charge is 0.226 e. The maximum absolute atomic E-state index is 11.5. The topological polar surface area (TPSA) is 88.2 Å². The van der Waals surface area contributed by atoms with Crippen molar-refractivity contribution in [3.05, 3.63) is 24.0 Å². The van der Waals surface area contributed by atoms with Gasteiger partial charge in [0.05, 0.1) is 24.4 Å². The van der Waals surface area contributed by atoms with Crippen LogP contribution in [-0.2, 0) is 11.2 Å². The molecule has 0 unspecified atom stereocenters. The lowest BCUT2D eigenvalue weighted by molar-refractivity contribution is -0.122. The number of anilines is 1. The Morgan fingerprint density at radius 2 is 2.31 bits per heavy atom. The lowest BCUT2D eigenvalue weighted by Crippen LogP contribution is -2.47. The Labute approximate surface area is 93.7 Å². The highest BCUT2D eigenvalue weighted by molar-refractivity contribution is 5.78. The molecule has 0 spiro atoms. The molecule has 5 nitrogen and oxygen atoms in total. The first-order chi connectivity index (χ1) is 7.63. The second kappa shape index (κ2) is 4.49. The lowest BCUT2D eigenvalue weighted by Gasteiger charge is -2.31. The number of hydrogen-bond acceptors (Lipinski definition) is 4. The third-order valence-electron chi connectivity index (χ3n) is 2.67. The van der Waals surface area contributed by atoms with Crippen molar-refractivity contribution < 1.29 is 9.90 Å². The average molecular weight is 221 g/mol. The Bertz CT molecular complexity index is 371. The predicted molar refractivity (Wildman–Crippen MR) is 59.5 cm³/mol. The number of aliphatic hydroxyl groups excluding tert-OH is 1. The van der Waals surface area contributed by atoms with Crippen LogP contribution in [0.1, 0.15) is 18.5 Å². The molecule has 86 valence electrons. The van der Waals surface area contributed by atoms with Gasteiger partial charge in [0.25, 0.3) is 0 Å². The molecular weight excluding hydrogens is 206 g/mol. The van der Waals surface area contributed by atoms with Crippen LogP contribution in [0.15, 0.2) is 18.3 Å². The minimum Gasteiger partial charge on any atom is -0.397 e. The number of nitrogens with zero attached hydrogens (tertiary/aromatic N) is 1. The van der Waals surface area contributed by atoms with Gasteiger partial charge in [-0.15, -0.1) is 0 Å². The molecule has 1 aromatic heterocycles. The number of hydrogen-bond donors (Lipinski definition) is 3. The summed E-state index contributed by atoms with van der Waals surface area (Å²) in [7, 11) is 0. The molecule has 5 heteroatoms. The summed E-state index contributed by atoms with van der Waals surface area (Å²) in [5.41, 5.74) is 6.78. The highest BCUT2D eigenvalue weighted by Gasteiger charge is 2.28. The summed E-state index contributed by atoms with van der Waals surface area (Å²) in [5.74, 6) is -0.0610. The molecule has 1 fully saturated rings. The van der Waals surface area contributed by atoms with Gasteiger partial charge in [-0.3, -0.25) is 9.78 Å². The van der Waals surface area contributed by atoms with Crippen LogP contribution in [0.4, 0.5) is 5.69 Å². The number of nitrogen functional groups attached to an aromatic ring is 1. The van der Waals surface area contributed by atoms with Crippen molar-refractivity contribution in [2.75, 3.05) is 5.73 Å². The van der Waals surface area contributed by atoms with E-state index in [9.17, 15) is 4.79 Å². The van der Waals surface area contributed by atoms with Crippen LogP contribution in [-0.4, -0.2) is 28.1 Å². The number of amides is 1. The largest absolute Gasteiger partial charge is 0.397 e. The van der Waals surface area contributed by atoms with Gasteiger partial charge in [-0.25, -0.2) is 0 Å². The van der Waals surface area contributed by atoms with Crippen LogP contribution in [0.3, 0.4) is 0 Å². The van der Waals surface area contributed by atoms with Crippen LogP contribution < -0.4 is 11.1 Å². The van der Waals surface area contributed by atoms with Crippen LogP contribution in [0, 0.1) is 0 Å². The Kier molecular flexibility index (Phi) is 3.05. The van der Waals surface area contributed by atoms with Crippen molar-refractivity contribution in [1.29, 1.82) is 0 Å². The molecule has 1 heterocycles. The second-order valence-corrected chi connectivity index (χ2v) is 4.15. The summed E-state index contributed by atoms with van der Waals surface area (Å²) < 4.78 is 0. The number of nitrogens with two attached hydrogens (primary N) is 1. The molecular formula is C11H15N3O2. The molecule has 1 amide bonds. The molecule has 0 saturated heterocycles. The normalized spacial score (nSPS) is 23.6. The molecule has 0 aliphatic heterocycles. The van der Waals surface area contributed by atoms with E-state index in [-0.39, 0.29) is 24.5 Å². The van der Waals surface area contributed by atoms with Gasteiger partial charge in [-0.2, -0.15) is 0 Å². The van der Waals surface area contributed by atoms with E-state index in [0.29, 0.717) is 24.2 Å². The number of aromatic nitrogens is 1. The fourth-order valence-corrected chi connectivity index (χ4v) is 1.69.